The van der Waals surface area contributed by atoms with Crippen LogP contribution in [0.2, 0.25) is 0 Å². The van der Waals surface area contributed by atoms with Gasteiger partial charge in [-0.1, -0.05) is 12.1 Å². The molecule has 29 heavy (non-hydrogen) atoms. The lowest BCUT2D eigenvalue weighted by Gasteiger charge is -2.19. The molecule has 150 valence electrons. The minimum Gasteiger partial charge on any atom is -0.464 e. The van der Waals surface area contributed by atoms with Crippen LogP contribution in [0.15, 0.2) is 45.7 Å². The van der Waals surface area contributed by atoms with Crippen LogP contribution >= 0.6 is 11.8 Å². The summed E-state index contributed by atoms with van der Waals surface area (Å²) in [5.41, 5.74) is 0.179. The van der Waals surface area contributed by atoms with Crippen molar-refractivity contribution in [1.29, 1.82) is 0 Å². The molecule has 9 nitrogen and oxygen atoms in total. The third kappa shape index (κ3) is 4.06. The first-order valence-corrected chi connectivity index (χ1v) is 9.42. The molecule has 1 aliphatic heterocycles. The number of ether oxygens (including phenoxy) is 1. The second-order valence-electron chi connectivity index (χ2n) is 5.96. The van der Waals surface area contributed by atoms with Crippen molar-refractivity contribution in [3.63, 3.8) is 0 Å². The third-order valence-corrected chi connectivity index (χ3v) is 4.99. The molecule has 1 atom stereocenters. The topological polar surface area (TPSA) is 120 Å². The van der Waals surface area contributed by atoms with E-state index in [4.69, 9.17) is 9.15 Å². The minimum atomic E-state index is -1.05. The second kappa shape index (κ2) is 8.31. The minimum absolute atomic E-state index is 0.0783. The lowest BCUT2D eigenvalue weighted by Crippen LogP contribution is -2.42. The molecule has 0 bridgehead atoms. The van der Waals surface area contributed by atoms with E-state index in [1.165, 1.54) is 25.1 Å². The summed E-state index contributed by atoms with van der Waals surface area (Å²) in [6, 6.07) is 8.13. The van der Waals surface area contributed by atoms with Gasteiger partial charge in [0.2, 0.25) is 0 Å². The summed E-state index contributed by atoms with van der Waals surface area (Å²) in [6.45, 7) is 3.18. The second-order valence-corrected chi connectivity index (χ2v) is 6.95. The van der Waals surface area contributed by atoms with Crippen molar-refractivity contribution in [2.24, 2.45) is 0 Å². The molecule has 2 aromatic rings. The van der Waals surface area contributed by atoms with Crippen LogP contribution in [-0.2, 0) is 14.3 Å². The molecule has 1 aromatic heterocycles. The Morgan fingerprint density at radius 1 is 1.31 bits per heavy atom. The Kier molecular flexibility index (Phi) is 5.83. The molecule has 0 unspecified atom stereocenters. The Bertz CT molecular complexity index is 1030. The highest BCUT2D eigenvalue weighted by Crippen LogP contribution is 2.36. The summed E-state index contributed by atoms with van der Waals surface area (Å²) < 4.78 is 10.5. The van der Waals surface area contributed by atoms with Gasteiger partial charge in [-0.15, -0.1) is 0 Å². The van der Waals surface area contributed by atoms with Crippen LogP contribution in [0.3, 0.4) is 0 Å². The normalized spacial score (nSPS) is 16.3. The van der Waals surface area contributed by atoms with Gasteiger partial charge >= 0.3 is 5.97 Å². The largest absolute Gasteiger partial charge is 0.464 e. The Morgan fingerprint density at radius 3 is 2.72 bits per heavy atom. The van der Waals surface area contributed by atoms with Crippen molar-refractivity contribution in [3.8, 4) is 11.3 Å². The van der Waals surface area contributed by atoms with Crippen LogP contribution in [0.5, 0.6) is 0 Å². The third-order valence-electron chi connectivity index (χ3n) is 4.10. The fourth-order valence-electron chi connectivity index (χ4n) is 2.73. The lowest BCUT2D eigenvalue weighted by atomic mass is 10.1. The molecule has 0 radical (unpaired) electrons. The number of furan rings is 1. The van der Waals surface area contributed by atoms with Crippen LogP contribution in [0.25, 0.3) is 17.4 Å². The summed E-state index contributed by atoms with van der Waals surface area (Å²) in [7, 11) is 0. The zero-order valence-electron chi connectivity index (χ0n) is 15.5. The predicted molar refractivity (Wildman–Crippen MR) is 105 cm³/mol. The number of nitrogens with zero attached hydrogens (tertiary/aromatic N) is 2. The van der Waals surface area contributed by atoms with Gasteiger partial charge in [0, 0.05) is 12.1 Å². The van der Waals surface area contributed by atoms with Crippen LogP contribution in [-0.4, -0.2) is 39.6 Å². The highest BCUT2D eigenvalue weighted by Gasteiger charge is 2.41. The monoisotopic (exact) mass is 416 g/mol. The number of para-hydroxylation sites is 1. The van der Waals surface area contributed by atoms with Crippen LogP contribution in [0.1, 0.15) is 19.6 Å². The van der Waals surface area contributed by atoms with E-state index < -0.39 is 28.1 Å². The molecular weight excluding hydrogens is 400 g/mol. The molecule has 2 heterocycles. The van der Waals surface area contributed by atoms with Gasteiger partial charge < -0.3 is 9.15 Å². The standard InChI is InChI=1S/C19H16N2O7S/c1-3-27-18(23)11(2)20-17(22)16(29-19(20)24)10-12-8-9-15(28-12)13-6-4-5-7-14(13)21(25)26/h4-11H,3H2,1-2H3/b16-10-/t11-/m0/s1. The first-order valence-electron chi connectivity index (χ1n) is 8.60. The first kappa shape index (κ1) is 20.3. The number of thioether (sulfide) groups is 1. The Balaban J connectivity index is 1.86. The zero-order valence-corrected chi connectivity index (χ0v) is 16.3. The number of esters is 1. The summed E-state index contributed by atoms with van der Waals surface area (Å²) in [4.78, 5) is 48.2. The lowest BCUT2D eigenvalue weighted by molar-refractivity contribution is -0.384. The molecule has 0 spiro atoms. The van der Waals surface area contributed by atoms with Gasteiger partial charge in [-0.05, 0) is 43.8 Å². The smallest absolute Gasteiger partial charge is 0.329 e. The number of rotatable bonds is 6. The fourth-order valence-corrected chi connectivity index (χ4v) is 3.62. The van der Waals surface area contributed by atoms with Crippen molar-refractivity contribution < 1.29 is 28.5 Å². The van der Waals surface area contributed by atoms with Gasteiger partial charge in [-0.3, -0.25) is 24.6 Å². The number of nitro benzene ring substituents is 1. The highest BCUT2D eigenvalue weighted by atomic mass is 32.2. The van der Waals surface area contributed by atoms with Gasteiger partial charge in [0.05, 0.1) is 22.0 Å². The zero-order chi connectivity index (χ0) is 21.1. The molecular formula is C19H16N2O7S. The number of imide groups is 1. The maximum Gasteiger partial charge on any atom is 0.329 e. The summed E-state index contributed by atoms with van der Waals surface area (Å²) in [5, 5.41) is 10.6. The van der Waals surface area contributed by atoms with Gasteiger partial charge in [0.15, 0.2) is 0 Å². The number of carbonyl (C=O) groups excluding carboxylic acids is 3. The maximum absolute atomic E-state index is 12.6. The van der Waals surface area contributed by atoms with Gasteiger partial charge in [0.1, 0.15) is 17.6 Å². The van der Waals surface area contributed by atoms with Crippen LogP contribution < -0.4 is 0 Å². The average molecular weight is 416 g/mol. The Hall–Kier alpha value is -3.40. The van der Waals surface area contributed by atoms with Gasteiger partial charge in [-0.25, -0.2) is 4.79 Å². The van der Waals surface area contributed by atoms with Gasteiger partial charge in [0.25, 0.3) is 16.8 Å². The van der Waals surface area contributed by atoms with E-state index in [-0.39, 0.29) is 28.7 Å². The first-order chi connectivity index (χ1) is 13.8. The summed E-state index contributed by atoms with van der Waals surface area (Å²) in [5.74, 6) is -0.813. The number of hydrogen-bond acceptors (Lipinski definition) is 8. The van der Waals surface area contributed by atoms with Crippen molar-refractivity contribution in [2.45, 2.75) is 19.9 Å². The molecule has 1 fully saturated rings. The van der Waals surface area contributed by atoms with Crippen LogP contribution in [0, 0.1) is 10.1 Å². The van der Waals surface area contributed by atoms with Gasteiger partial charge in [-0.2, -0.15) is 0 Å². The van der Waals surface area contributed by atoms with E-state index in [0.29, 0.717) is 17.3 Å². The number of benzene rings is 1. The van der Waals surface area contributed by atoms with Crippen molar-refractivity contribution in [3.05, 3.63) is 57.2 Å². The number of amides is 2. The summed E-state index contributed by atoms with van der Waals surface area (Å²) >= 11 is 0.676. The van der Waals surface area contributed by atoms with Crippen molar-refractivity contribution in [2.75, 3.05) is 6.61 Å². The number of hydrogen-bond donors (Lipinski definition) is 0. The SMILES string of the molecule is CCOC(=O)[C@H](C)N1C(=O)S/C(=C\c2ccc(-c3ccccc3[N+](=O)[O-])o2)C1=O. The van der Waals surface area contributed by atoms with Crippen molar-refractivity contribution >= 4 is 40.6 Å². The predicted octanol–water partition coefficient (Wildman–Crippen LogP) is 3.84. The molecule has 10 heteroatoms. The number of carbonyl (C=O) groups is 3. The fraction of sp³-hybridized carbons (Fsp3) is 0.211. The quantitative estimate of drug-likeness (QED) is 0.301. The van der Waals surface area contributed by atoms with Crippen LogP contribution in [0.4, 0.5) is 10.5 Å². The number of nitro groups is 1. The van der Waals surface area contributed by atoms with E-state index >= 15 is 0 Å². The summed E-state index contributed by atoms with van der Waals surface area (Å²) in [6.07, 6.45) is 1.36. The van der Waals surface area contributed by atoms with E-state index in [9.17, 15) is 24.5 Å². The maximum atomic E-state index is 12.6. The molecule has 1 aliphatic rings. The molecule has 2 amide bonds. The molecule has 1 aromatic carbocycles. The molecule has 0 saturated carbocycles. The molecule has 0 aliphatic carbocycles. The highest BCUT2D eigenvalue weighted by molar-refractivity contribution is 8.18. The Morgan fingerprint density at radius 2 is 2.03 bits per heavy atom. The molecule has 3 rings (SSSR count). The van der Waals surface area contributed by atoms with E-state index in [1.807, 2.05) is 0 Å². The van der Waals surface area contributed by atoms with E-state index in [0.717, 1.165) is 4.90 Å². The van der Waals surface area contributed by atoms with E-state index in [1.54, 1.807) is 31.2 Å². The Labute approximate surface area is 169 Å². The average Bonchev–Trinajstić information content (AvgIpc) is 3.26. The van der Waals surface area contributed by atoms with Crippen molar-refractivity contribution in [1.82, 2.24) is 4.90 Å². The molecule has 1 saturated heterocycles. The van der Waals surface area contributed by atoms with E-state index in [2.05, 4.69) is 0 Å². The molecule has 0 N–H and O–H groups in total.